The summed E-state index contributed by atoms with van der Waals surface area (Å²) < 4.78 is 11.2. The van der Waals surface area contributed by atoms with Crippen LogP contribution in [0.2, 0.25) is 0 Å². The molecule has 0 saturated carbocycles. The van der Waals surface area contributed by atoms with Gasteiger partial charge in [-0.3, -0.25) is 0 Å². The second kappa shape index (κ2) is 6.53. The highest BCUT2D eigenvalue weighted by molar-refractivity contribution is 9.09. The van der Waals surface area contributed by atoms with E-state index >= 15 is 0 Å². The number of hydrogen-bond acceptors (Lipinski definition) is 2. The second-order valence-corrected chi connectivity index (χ2v) is 5.86. The van der Waals surface area contributed by atoms with Gasteiger partial charge < -0.3 is 9.47 Å². The molecule has 3 rings (SSSR count). The van der Waals surface area contributed by atoms with Crippen LogP contribution < -0.4 is 0 Å². The average molecular weight is 333 g/mol. The number of alkyl halides is 1. The predicted molar refractivity (Wildman–Crippen MR) is 84.1 cm³/mol. The van der Waals surface area contributed by atoms with Crippen molar-refractivity contribution in [3.05, 3.63) is 60.2 Å². The Labute approximate surface area is 127 Å². The number of hydrogen-bond donors (Lipinski definition) is 0. The summed E-state index contributed by atoms with van der Waals surface area (Å²) in [7, 11) is 0. The molecule has 2 aromatic carbocycles. The topological polar surface area (TPSA) is 18.5 Å². The minimum absolute atomic E-state index is 0.0892. The zero-order valence-corrected chi connectivity index (χ0v) is 12.8. The van der Waals surface area contributed by atoms with Gasteiger partial charge >= 0.3 is 0 Å². The summed E-state index contributed by atoms with van der Waals surface area (Å²) in [4.78, 5) is 0.174. The van der Waals surface area contributed by atoms with E-state index in [2.05, 4.69) is 64.5 Å². The van der Waals surface area contributed by atoms with Crippen LogP contribution in [0.5, 0.6) is 0 Å². The highest BCUT2D eigenvalue weighted by atomic mass is 79.9. The second-order valence-electron chi connectivity index (χ2n) is 4.87. The van der Waals surface area contributed by atoms with Gasteiger partial charge in [-0.15, -0.1) is 0 Å². The minimum atomic E-state index is 0.0892. The predicted octanol–water partition coefficient (Wildman–Crippen LogP) is 4.21. The first-order valence-corrected chi connectivity index (χ1v) is 7.75. The van der Waals surface area contributed by atoms with Crippen LogP contribution >= 0.6 is 15.9 Å². The Kier molecular flexibility index (Phi) is 4.51. The van der Waals surface area contributed by atoms with Crippen LogP contribution in [0.25, 0.3) is 11.1 Å². The van der Waals surface area contributed by atoms with Crippen molar-refractivity contribution in [2.75, 3.05) is 19.8 Å². The van der Waals surface area contributed by atoms with Gasteiger partial charge in [0.05, 0.1) is 30.8 Å². The van der Waals surface area contributed by atoms with E-state index < -0.39 is 0 Å². The van der Waals surface area contributed by atoms with E-state index in [9.17, 15) is 0 Å². The van der Waals surface area contributed by atoms with Crippen molar-refractivity contribution in [3.8, 4) is 11.1 Å². The molecule has 2 atom stereocenters. The molecule has 104 valence electrons. The molecule has 0 bridgehead atoms. The van der Waals surface area contributed by atoms with E-state index in [0.29, 0.717) is 19.8 Å². The molecule has 2 unspecified atom stereocenters. The molecule has 1 aliphatic heterocycles. The lowest BCUT2D eigenvalue weighted by atomic mass is 10.0. The molecule has 1 aliphatic rings. The van der Waals surface area contributed by atoms with Crippen molar-refractivity contribution in [2.45, 2.75) is 10.9 Å². The lowest BCUT2D eigenvalue weighted by molar-refractivity contribution is -0.0876. The van der Waals surface area contributed by atoms with Gasteiger partial charge in [0.2, 0.25) is 0 Å². The van der Waals surface area contributed by atoms with Gasteiger partial charge in [-0.25, -0.2) is 0 Å². The first kappa shape index (κ1) is 13.8. The molecule has 1 saturated heterocycles. The van der Waals surface area contributed by atoms with Crippen LogP contribution in [-0.2, 0) is 9.47 Å². The molecular formula is C17H17BrO2. The van der Waals surface area contributed by atoms with Crippen molar-refractivity contribution in [1.82, 2.24) is 0 Å². The van der Waals surface area contributed by atoms with E-state index in [1.165, 1.54) is 16.7 Å². The Morgan fingerprint density at radius 2 is 1.60 bits per heavy atom. The van der Waals surface area contributed by atoms with E-state index in [4.69, 9.17) is 9.47 Å². The molecule has 0 aliphatic carbocycles. The summed E-state index contributed by atoms with van der Waals surface area (Å²) in [5.74, 6) is 0. The number of ether oxygens (including phenoxy) is 2. The molecule has 1 heterocycles. The van der Waals surface area contributed by atoms with Crippen molar-refractivity contribution in [2.24, 2.45) is 0 Å². The van der Waals surface area contributed by atoms with Gasteiger partial charge in [-0.1, -0.05) is 70.5 Å². The van der Waals surface area contributed by atoms with Gasteiger partial charge in [0.15, 0.2) is 0 Å². The summed E-state index contributed by atoms with van der Waals surface area (Å²) in [6.45, 7) is 2.02. The molecule has 2 nitrogen and oxygen atoms in total. The van der Waals surface area contributed by atoms with Gasteiger partial charge in [0.1, 0.15) is 0 Å². The monoisotopic (exact) mass is 332 g/mol. The fraction of sp³-hybridized carbons (Fsp3) is 0.294. The lowest BCUT2D eigenvalue weighted by Crippen LogP contribution is -2.31. The number of benzene rings is 2. The molecule has 2 aromatic rings. The largest absolute Gasteiger partial charge is 0.376 e. The first-order valence-electron chi connectivity index (χ1n) is 6.83. The van der Waals surface area contributed by atoms with Gasteiger partial charge in [0.25, 0.3) is 0 Å². The van der Waals surface area contributed by atoms with Crippen molar-refractivity contribution in [3.63, 3.8) is 0 Å². The number of halogens is 1. The maximum atomic E-state index is 5.74. The summed E-state index contributed by atoms with van der Waals surface area (Å²) >= 11 is 3.72. The summed E-state index contributed by atoms with van der Waals surface area (Å²) in [6, 6.07) is 19.0. The van der Waals surface area contributed by atoms with Crippen LogP contribution in [-0.4, -0.2) is 25.9 Å². The Balaban J connectivity index is 1.75. The van der Waals surface area contributed by atoms with E-state index in [0.717, 1.165) is 0 Å². The third kappa shape index (κ3) is 3.11. The van der Waals surface area contributed by atoms with Crippen molar-refractivity contribution in [1.29, 1.82) is 0 Å². The molecule has 0 radical (unpaired) electrons. The van der Waals surface area contributed by atoms with Crippen LogP contribution in [0.15, 0.2) is 54.6 Å². The Morgan fingerprint density at radius 3 is 2.25 bits per heavy atom. The molecule has 0 spiro atoms. The summed E-state index contributed by atoms with van der Waals surface area (Å²) in [6.07, 6.45) is 0.0892. The van der Waals surface area contributed by atoms with Gasteiger partial charge in [-0.2, -0.15) is 0 Å². The third-order valence-electron chi connectivity index (χ3n) is 3.50. The average Bonchev–Trinajstić information content (AvgIpc) is 2.56. The maximum Gasteiger partial charge on any atom is 0.0975 e. The quantitative estimate of drug-likeness (QED) is 0.784. The standard InChI is InChI=1S/C17H17BrO2/c18-17(16-12-19-10-11-20-16)15-8-6-14(7-9-15)13-4-2-1-3-5-13/h1-9,16-17H,10-12H2. The Bertz CT molecular complexity index is 533. The SMILES string of the molecule is BrC(c1ccc(-c2ccccc2)cc1)C1COCCO1. The summed E-state index contributed by atoms with van der Waals surface area (Å²) in [5.41, 5.74) is 3.69. The van der Waals surface area contributed by atoms with Crippen molar-refractivity contribution < 1.29 is 9.47 Å². The highest BCUT2D eigenvalue weighted by Crippen LogP contribution is 2.31. The zero-order chi connectivity index (χ0) is 13.8. The van der Waals surface area contributed by atoms with Gasteiger partial charge in [-0.05, 0) is 16.7 Å². The molecule has 20 heavy (non-hydrogen) atoms. The highest BCUT2D eigenvalue weighted by Gasteiger charge is 2.24. The third-order valence-corrected chi connectivity index (χ3v) is 4.62. The molecule has 0 amide bonds. The number of rotatable bonds is 3. The minimum Gasteiger partial charge on any atom is -0.376 e. The van der Waals surface area contributed by atoms with Crippen molar-refractivity contribution >= 4 is 15.9 Å². The fourth-order valence-electron chi connectivity index (χ4n) is 2.38. The molecule has 1 fully saturated rings. The van der Waals surface area contributed by atoms with Crippen LogP contribution in [0.4, 0.5) is 0 Å². The first-order chi connectivity index (χ1) is 9.84. The van der Waals surface area contributed by atoms with E-state index in [1.807, 2.05) is 6.07 Å². The van der Waals surface area contributed by atoms with E-state index in [-0.39, 0.29) is 10.9 Å². The maximum absolute atomic E-state index is 5.74. The van der Waals surface area contributed by atoms with Gasteiger partial charge in [0, 0.05) is 0 Å². The van der Waals surface area contributed by atoms with E-state index in [1.54, 1.807) is 0 Å². The van der Waals surface area contributed by atoms with Crippen LogP contribution in [0.3, 0.4) is 0 Å². The molecule has 0 aromatic heterocycles. The molecule has 3 heteroatoms. The Morgan fingerprint density at radius 1 is 0.900 bits per heavy atom. The van der Waals surface area contributed by atoms with Crippen LogP contribution in [0, 0.1) is 0 Å². The lowest BCUT2D eigenvalue weighted by Gasteiger charge is -2.27. The fourth-order valence-corrected chi connectivity index (χ4v) is 2.99. The summed E-state index contributed by atoms with van der Waals surface area (Å²) in [5, 5.41) is 0. The molecular weight excluding hydrogens is 316 g/mol. The normalized spacial score (nSPS) is 20.6. The van der Waals surface area contributed by atoms with Crippen LogP contribution in [0.1, 0.15) is 10.4 Å². The molecule has 0 N–H and O–H groups in total. The Hall–Kier alpha value is -1.16. The smallest absolute Gasteiger partial charge is 0.0975 e. The zero-order valence-electron chi connectivity index (χ0n) is 11.2.